The van der Waals surface area contributed by atoms with Gasteiger partial charge in [0, 0.05) is 19.6 Å². The fraction of sp³-hybridized carbons (Fsp3) is 0.632. The lowest BCUT2D eigenvalue weighted by Gasteiger charge is -2.26. The number of nitrogens with one attached hydrogen (secondary N) is 1. The van der Waals surface area contributed by atoms with Gasteiger partial charge in [-0.15, -0.1) is 24.0 Å². The highest BCUT2D eigenvalue weighted by Gasteiger charge is 2.08. The molecule has 1 heterocycles. The van der Waals surface area contributed by atoms with Crippen molar-refractivity contribution >= 4 is 29.9 Å². The average molecular weight is 476 g/mol. The highest BCUT2D eigenvalue weighted by molar-refractivity contribution is 14.0. The van der Waals surface area contributed by atoms with Gasteiger partial charge < -0.3 is 20.5 Å². The van der Waals surface area contributed by atoms with Crippen LogP contribution in [0.5, 0.6) is 5.75 Å². The van der Waals surface area contributed by atoms with Crippen LogP contribution in [-0.2, 0) is 11.3 Å². The van der Waals surface area contributed by atoms with Crippen LogP contribution in [0.25, 0.3) is 0 Å². The van der Waals surface area contributed by atoms with Crippen molar-refractivity contribution in [3.8, 4) is 5.75 Å². The van der Waals surface area contributed by atoms with E-state index in [0.29, 0.717) is 18.4 Å². The number of nitrogens with two attached hydrogens (primary N) is 1. The Morgan fingerprint density at radius 2 is 1.96 bits per heavy atom. The van der Waals surface area contributed by atoms with E-state index >= 15 is 0 Å². The molecular weight excluding hydrogens is 443 g/mol. The molecule has 1 saturated heterocycles. The lowest BCUT2D eigenvalue weighted by molar-refractivity contribution is 0.0376. The summed E-state index contributed by atoms with van der Waals surface area (Å²) in [6.45, 7) is 11.2. The number of morpholine rings is 1. The van der Waals surface area contributed by atoms with Crippen LogP contribution >= 0.6 is 24.0 Å². The number of aliphatic imine (C=N–C) groups is 1. The van der Waals surface area contributed by atoms with E-state index in [1.165, 1.54) is 0 Å². The van der Waals surface area contributed by atoms with Crippen LogP contribution in [0.4, 0.5) is 0 Å². The molecule has 148 valence electrons. The van der Waals surface area contributed by atoms with E-state index < -0.39 is 0 Å². The van der Waals surface area contributed by atoms with Crippen LogP contribution in [0.2, 0.25) is 0 Å². The van der Waals surface area contributed by atoms with E-state index in [0.717, 1.165) is 63.7 Å². The zero-order valence-electron chi connectivity index (χ0n) is 15.9. The Balaban J connectivity index is 0.00000338. The third-order valence-electron chi connectivity index (χ3n) is 4.00. The van der Waals surface area contributed by atoms with Crippen molar-refractivity contribution in [2.75, 3.05) is 46.0 Å². The van der Waals surface area contributed by atoms with Crippen LogP contribution in [0.3, 0.4) is 0 Å². The van der Waals surface area contributed by atoms with Gasteiger partial charge in [-0.1, -0.05) is 26.0 Å². The third-order valence-corrected chi connectivity index (χ3v) is 4.00. The summed E-state index contributed by atoms with van der Waals surface area (Å²) in [5.74, 6) is 1.93. The largest absolute Gasteiger partial charge is 0.493 e. The van der Waals surface area contributed by atoms with Gasteiger partial charge in [-0.2, -0.15) is 0 Å². The normalized spacial score (nSPS) is 15.6. The average Bonchev–Trinajstić information content (AvgIpc) is 2.63. The van der Waals surface area contributed by atoms with Crippen LogP contribution in [0, 0.1) is 5.92 Å². The second-order valence-electron chi connectivity index (χ2n) is 6.78. The summed E-state index contributed by atoms with van der Waals surface area (Å²) in [5, 5.41) is 3.18. The van der Waals surface area contributed by atoms with Crippen molar-refractivity contribution in [3.05, 3.63) is 29.8 Å². The van der Waals surface area contributed by atoms with E-state index in [1.54, 1.807) is 0 Å². The van der Waals surface area contributed by atoms with Gasteiger partial charge in [0.1, 0.15) is 5.75 Å². The summed E-state index contributed by atoms with van der Waals surface area (Å²) < 4.78 is 11.0. The van der Waals surface area contributed by atoms with E-state index in [2.05, 4.69) is 29.1 Å². The molecule has 0 radical (unpaired) electrons. The number of hydrogen-bond donors (Lipinski definition) is 2. The molecule has 6 nitrogen and oxygen atoms in total. The number of guanidine groups is 1. The van der Waals surface area contributed by atoms with Gasteiger partial charge in [-0.05, 0) is 36.6 Å². The molecule has 1 aliphatic heterocycles. The minimum Gasteiger partial charge on any atom is -0.493 e. The van der Waals surface area contributed by atoms with Crippen molar-refractivity contribution in [1.29, 1.82) is 0 Å². The van der Waals surface area contributed by atoms with Crippen LogP contribution in [0.15, 0.2) is 29.3 Å². The van der Waals surface area contributed by atoms with Crippen molar-refractivity contribution in [3.63, 3.8) is 0 Å². The second kappa shape index (κ2) is 13.2. The Morgan fingerprint density at radius 3 is 2.62 bits per heavy atom. The molecule has 1 aromatic rings. The molecule has 1 fully saturated rings. The van der Waals surface area contributed by atoms with Gasteiger partial charge in [-0.3, -0.25) is 4.90 Å². The molecule has 0 saturated carbocycles. The molecule has 0 spiro atoms. The maximum atomic E-state index is 5.93. The van der Waals surface area contributed by atoms with Crippen molar-refractivity contribution in [1.82, 2.24) is 10.2 Å². The monoisotopic (exact) mass is 476 g/mol. The summed E-state index contributed by atoms with van der Waals surface area (Å²) in [4.78, 5) is 6.81. The molecular formula is C19H33IN4O2. The fourth-order valence-electron chi connectivity index (χ4n) is 2.53. The molecule has 0 bridgehead atoms. The van der Waals surface area contributed by atoms with E-state index in [-0.39, 0.29) is 24.0 Å². The van der Waals surface area contributed by atoms with Gasteiger partial charge in [-0.25, -0.2) is 4.99 Å². The van der Waals surface area contributed by atoms with Gasteiger partial charge in [0.15, 0.2) is 5.96 Å². The second-order valence-corrected chi connectivity index (χ2v) is 6.78. The van der Waals surface area contributed by atoms with E-state index in [1.807, 2.05) is 24.3 Å². The SMILES string of the molecule is CC(C)COc1ccc(CN=C(N)NCCCN2CCOCC2)cc1.I. The summed E-state index contributed by atoms with van der Waals surface area (Å²) in [5.41, 5.74) is 7.05. The number of ether oxygens (including phenoxy) is 2. The van der Waals surface area contributed by atoms with Gasteiger partial charge in [0.25, 0.3) is 0 Å². The first-order chi connectivity index (χ1) is 12.1. The molecule has 1 aliphatic rings. The van der Waals surface area contributed by atoms with Crippen LogP contribution < -0.4 is 15.8 Å². The highest BCUT2D eigenvalue weighted by atomic mass is 127. The Bertz CT molecular complexity index is 517. The number of rotatable bonds is 9. The van der Waals surface area contributed by atoms with Crippen LogP contribution in [-0.4, -0.2) is 56.9 Å². The van der Waals surface area contributed by atoms with Gasteiger partial charge in [0.2, 0.25) is 0 Å². The molecule has 0 aromatic heterocycles. The summed E-state index contributed by atoms with van der Waals surface area (Å²) in [6, 6.07) is 8.04. The topological polar surface area (TPSA) is 72.1 Å². The maximum absolute atomic E-state index is 5.93. The molecule has 7 heteroatoms. The van der Waals surface area contributed by atoms with Crippen molar-refractivity contribution in [2.24, 2.45) is 16.6 Å². The lowest BCUT2D eigenvalue weighted by atomic mass is 10.2. The molecule has 0 aliphatic carbocycles. The molecule has 0 unspecified atom stereocenters. The number of benzene rings is 1. The first-order valence-electron chi connectivity index (χ1n) is 9.19. The predicted octanol–water partition coefficient (Wildman–Crippen LogP) is 2.47. The zero-order valence-corrected chi connectivity index (χ0v) is 18.3. The van der Waals surface area contributed by atoms with E-state index in [4.69, 9.17) is 15.2 Å². The Labute approximate surface area is 174 Å². The highest BCUT2D eigenvalue weighted by Crippen LogP contribution is 2.13. The molecule has 0 amide bonds. The Hall–Kier alpha value is -1.06. The van der Waals surface area contributed by atoms with Crippen LogP contribution in [0.1, 0.15) is 25.8 Å². The lowest BCUT2D eigenvalue weighted by Crippen LogP contribution is -2.39. The summed E-state index contributed by atoms with van der Waals surface area (Å²) in [6.07, 6.45) is 1.05. The molecule has 1 aromatic carbocycles. The van der Waals surface area contributed by atoms with Gasteiger partial charge >= 0.3 is 0 Å². The van der Waals surface area contributed by atoms with Crippen molar-refractivity contribution < 1.29 is 9.47 Å². The number of nitrogens with zero attached hydrogens (tertiary/aromatic N) is 2. The van der Waals surface area contributed by atoms with Gasteiger partial charge in [0.05, 0.1) is 26.4 Å². The predicted molar refractivity (Wildman–Crippen MR) is 117 cm³/mol. The molecule has 0 atom stereocenters. The quantitative estimate of drug-likeness (QED) is 0.248. The fourth-order valence-corrected chi connectivity index (χ4v) is 2.53. The van der Waals surface area contributed by atoms with E-state index in [9.17, 15) is 0 Å². The maximum Gasteiger partial charge on any atom is 0.188 e. The summed E-state index contributed by atoms with van der Waals surface area (Å²) >= 11 is 0. The molecule has 26 heavy (non-hydrogen) atoms. The minimum absolute atomic E-state index is 0. The standard InChI is InChI=1S/C19H32N4O2.HI/c1-16(2)15-25-18-6-4-17(5-7-18)14-22-19(20)21-8-3-9-23-10-12-24-13-11-23;/h4-7,16H,3,8-15H2,1-2H3,(H3,20,21,22);1H. The zero-order chi connectivity index (χ0) is 17.9. The first-order valence-corrected chi connectivity index (χ1v) is 9.19. The number of halogens is 1. The molecule has 2 rings (SSSR count). The summed E-state index contributed by atoms with van der Waals surface area (Å²) in [7, 11) is 0. The van der Waals surface area contributed by atoms with Crippen molar-refractivity contribution in [2.45, 2.75) is 26.8 Å². The smallest absolute Gasteiger partial charge is 0.188 e. The number of hydrogen-bond acceptors (Lipinski definition) is 4. The minimum atomic E-state index is 0. The third kappa shape index (κ3) is 9.59. The Kier molecular flexibility index (Phi) is 11.6. The first kappa shape index (κ1) is 23.0. The Morgan fingerprint density at radius 1 is 1.27 bits per heavy atom. The molecule has 3 N–H and O–H groups in total.